The molecule has 0 heterocycles. The summed E-state index contributed by atoms with van der Waals surface area (Å²) in [5.74, 6) is 5.07. The van der Waals surface area contributed by atoms with Gasteiger partial charge in [0.1, 0.15) is 12.4 Å². The molecule has 1 nitrogen and oxygen atoms in total. The largest absolute Gasteiger partial charge is 0.384 e. The quantitative estimate of drug-likeness (QED) is 0.600. The molecule has 0 fully saturated rings. The van der Waals surface area contributed by atoms with Crippen molar-refractivity contribution in [2.24, 2.45) is 0 Å². The van der Waals surface area contributed by atoms with E-state index in [2.05, 4.69) is 11.8 Å². The van der Waals surface area contributed by atoms with E-state index in [4.69, 9.17) is 5.11 Å². The smallest absolute Gasteiger partial charge is 0.129 e. The summed E-state index contributed by atoms with van der Waals surface area (Å²) in [5.41, 5.74) is 1.91. The fourth-order valence-electron chi connectivity index (χ4n) is 1.16. The fraction of sp³-hybridized carbons (Fsp3) is 0.273. The molecule has 0 aliphatic rings. The molecule has 0 aliphatic carbocycles. The molecule has 0 aliphatic heterocycles. The van der Waals surface area contributed by atoms with E-state index >= 15 is 0 Å². The van der Waals surface area contributed by atoms with Gasteiger partial charge in [0.15, 0.2) is 0 Å². The lowest BCUT2D eigenvalue weighted by Crippen LogP contribution is -1.89. The molecule has 68 valence electrons. The van der Waals surface area contributed by atoms with Gasteiger partial charge in [0.2, 0.25) is 0 Å². The summed E-state index contributed by atoms with van der Waals surface area (Å²) in [4.78, 5) is 0. The Labute approximate surface area is 77.2 Å². The van der Waals surface area contributed by atoms with Crippen molar-refractivity contribution in [1.82, 2.24) is 0 Å². The molecule has 1 N–H and O–H groups in total. The zero-order valence-corrected chi connectivity index (χ0v) is 7.69. The van der Waals surface area contributed by atoms with Crippen LogP contribution in [-0.2, 0) is 0 Å². The third-order valence-corrected chi connectivity index (χ3v) is 1.75. The van der Waals surface area contributed by atoms with Gasteiger partial charge in [-0.3, -0.25) is 0 Å². The van der Waals surface area contributed by atoms with E-state index < -0.39 is 0 Å². The van der Waals surface area contributed by atoms with Crippen LogP contribution in [0.25, 0.3) is 0 Å². The summed E-state index contributed by atoms with van der Waals surface area (Å²) in [6.45, 7) is 3.23. The molecule has 13 heavy (non-hydrogen) atoms. The number of hydrogen-bond donors (Lipinski definition) is 1. The van der Waals surface area contributed by atoms with Crippen molar-refractivity contribution in [1.29, 1.82) is 0 Å². The van der Waals surface area contributed by atoms with Crippen LogP contribution in [0.1, 0.15) is 16.7 Å². The molecule has 1 rings (SSSR count). The highest BCUT2D eigenvalue weighted by molar-refractivity contribution is 5.40. The SMILES string of the molecule is Cc1cc(C#CCO)cc(C)c1F. The Hall–Kier alpha value is -1.33. The Morgan fingerprint density at radius 1 is 1.31 bits per heavy atom. The fourth-order valence-corrected chi connectivity index (χ4v) is 1.16. The van der Waals surface area contributed by atoms with E-state index in [0.29, 0.717) is 11.1 Å². The number of benzene rings is 1. The van der Waals surface area contributed by atoms with Crippen LogP contribution >= 0.6 is 0 Å². The monoisotopic (exact) mass is 178 g/mol. The number of aliphatic hydroxyl groups excluding tert-OH is 1. The van der Waals surface area contributed by atoms with Crippen molar-refractivity contribution < 1.29 is 9.50 Å². The molecule has 0 unspecified atom stereocenters. The first-order valence-electron chi connectivity index (χ1n) is 4.01. The van der Waals surface area contributed by atoms with Crippen molar-refractivity contribution in [3.63, 3.8) is 0 Å². The first-order valence-corrected chi connectivity index (χ1v) is 4.01. The lowest BCUT2D eigenvalue weighted by Gasteiger charge is -2.01. The molecule has 0 amide bonds. The van der Waals surface area contributed by atoms with Crippen LogP contribution in [0.5, 0.6) is 0 Å². The normalized spacial score (nSPS) is 9.23. The molecule has 0 atom stereocenters. The van der Waals surface area contributed by atoms with Gasteiger partial charge in [0.25, 0.3) is 0 Å². The summed E-state index contributed by atoms with van der Waals surface area (Å²) < 4.78 is 13.1. The highest BCUT2D eigenvalue weighted by atomic mass is 19.1. The molecule has 0 bridgehead atoms. The lowest BCUT2D eigenvalue weighted by molar-refractivity contribution is 0.350. The molecular formula is C11H11FO. The summed E-state index contributed by atoms with van der Waals surface area (Å²) in [6, 6.07) is 3.34. The van der Waals surface area contributed by atoms with Gasteiger partial charge in [-0.25, -0.2) is 4.39 Å². The highest BCUT2D eigenvalue weighted by Crippen LogP contribution is 2.13. The van der Waals surface area contributed by atoms with Crippen LogP contribution < -0.4 is 0 Å². The van der Waals surface area contributed by atoms with Gasteiger partial charge in [0, 0.05) is 5.56 Å². The Morgan fingerprint density at radius 2 is 1.85 bits per heavy atom. The number of rotatable bonds is 0. The lowest BCUT2D eigenvalue weighted by atomic mass is 10.1. The number of halogens is 1. The van der Waals surface area contributed by atoms with Crippen LogP contribution in [0.4, 0.5) is 4.39 Å². The second-order valence-electron chi connectivity index (χ2n) is 2.88. The Bertz CT molecular complexity index is 348. The van der Waals surface area contributed by atoms with Gasteiger partial charge >= 0.3 is 0 Å². The summed E-state index contributed by atoms with van der Waals surface area (Å²) in [5, 5.41) is 8.47. The van der Waals surface area contributed by atoms with Crippen molar-refractivity contribution in [2.45, 2.75) is 13.8 Å². The summed E-state index contributed by atoms with van der Waals surface area (Å²) >= 11 is 0. The Balaban J connectivity index is 3.13. The van der Waals surface area contributed by atoms with Gasteiger partial charge < -0.3 is 5.11 Å². The van der Waals surface area contributed by atoms with Gasteiger partial charge in [-0.05, 0) is 37.1 Å². The molecule has 1 aromatic rings. The molecule has 0 spiro atoms. The zero-order chi connectivity index (χ0) is 9.84. The first kappa shape index (κ1) is 9.76. The van der Waals surface area contributed by atoms with E-state index in [0.717, 1.165) is 5.56 Å². The predicted octanol–water partition coefficient (Wildman–Crippen LogP) is 1.79. The van der Waals surface area contributed by atoms with Crippen molar-refractivity contribution in [3.05, 3.63) is 34.6 Å². The van der Waals surface area contributed by atoms with Gasteiger partial charge in [-0.1, -0.05) is 11.8 Å². The number of aryl methyl sites for hydroxylation is 2. The minimum absolute atomic E-state index is 0.171. The number of hydrogen-bond acceptors (Lipinski definition) is 1. The molecule has 1 aromatic carbocycles. The molecule has 0 aromatic heterocycles. The second kappa shape index (κ2) is 4.06. The molecule has 0 radical (unpaired) electrons. The predicted molar refractivity (Wildman–Crippen MR) is 49.8 cm³/mol. The third kappa shape index (κ3) is 2.30. The van der Waals surface area contributed by atoms with E-state index in [1.807, 2.05) is 0 Å². The average Bonchev–Trinajstić information content (AvgIpc) is 2.10. The van der Waals surface area contributed by atoms with E-state index in [9.17, 15) is 4.39 Å². The van der Waals surface area contributed by atoms with Crippen molar-refractivity contribution in [2.75, 3.05) is 6.61 Å². The standard InChI is InChI=1S/C11H11FO/c1-8-6-10(4-3-5-13)7-9(2)11(8)12/h6-7,13H,5H2,1-2H3. The van der Waals surface area contributed by atoms with Gasteiger partial charge in [-0.2, -0.15) is 0 Å². The summed E-state index contributed by atoms with van der Waals surface area (Å²) in [7, 11) is 0. The van der Waals surface area contributed by atoms with Crippen LogP contribution in [0, 0.1) is 31.5 Å². The molecular weight excluding hydrogens is 167 g/mol. The van der Waals surface area contributed by atoms with Gasteiger partial charge in [0.05, 0.1) is 0 Å². The maximum absolute atomic E-state index is 13.1. The second-order valence-corrected chi connectivity index (χ2v) is 2.88. The first-order chi connectivity index (χ1) is 6.15. The van der Waals surface area contributed by atoms with E-state index in [1.165, 1.54) is 0 Å². The maximum Gasteiger partial charge on any atom is 0.129 e. The average molecular weight is 178 g/mol. The van der Waals surface area contributed by atoms with E-state index in [1.54, 1.807) is 26.0 Å². The van der Waals surface area contributed by atoms with Crippen molar-refractivity contribution in [3.8, 4) is 11.8 Å². The maximum atomic E-state index is 13.1. The third-order valence-electron chi connectivity index (χ3n) is 1.75. The molecule has 0 saturated carbocycles. The Kier molecular flexibility index (Phi) is 3.05. The van der Waals surface area contributed by atoms with E-state index in [-0.39, 0.29) is 12.4 Å². The van der Waals surface area contributed by atoms with Crippen molar-refractivity contribution >= 4 is 0 Å². The van der Waals surface area contributed by atoms with Crippen LogP contribution in [0.15, 0.2) is 12.1 Å². The van der Waals surface area contributed by atoms with Crippen LogP contribution in [-0.4, -0.2) is 11.7 Å². The summed E-state index contributed by atoms with van der Waals surface area (Å²) in [6.07, 6.45) is 0. The highest BCUT2D eigenvalue weighted by Gasteiger charge is 2.01. The number of aliphatic hydroxyl groups is 1. The zero-order valence-electron chi connectivity index (χ0n) is 7.69. The van der Waals surface area contributed by atoms with Crippen LogP contribution in [0.3, 0.4) is 0 Å². The minimum Gasteiger partial charge on any atom is -0.384 e. The topological polar surface area (TPSA) is 20.2 Å². The Morgan fingerprint density at radius 3 is 2.31 bits per heavy atom. The van der Waals surface area contributed by atoms with Crippen LogP contribution in [0.2, 0.25) is 0 Å². The van der Waals surface area contributed by atoms with Gasteiger partial charge in [-0.15, -0.1) is 0 Å². The molecule has 2 heteroatoms. The molecule has 0 saturated heterocycles. The minimum atomic E-state index is -0.186.